The molecule has 0 bridgehead atoms. The van der Waals surface area contributed by atoms with Crippen LogP contribution in [0.2, 0.25) is 0 Å². The summed E-state index contributed by atoms with van der Waals surface area (Å²) < 4.78 is 17.1. The average molecular weight is 257 g/mol. The molecule has 2 fully saturated rings. The fourth-order valence-corrected chi connectivity index (χ4v) is 2.53. The fourth-order valence-electron chi connectivity index (χ4n) is 2.53. The van der Waals surface area contributed by atoms with Crippen molar-refractivity contribution in [2.45, 2.75) is 63.9 Å². The lowest BCUT2D eigenvalue weighted by Gasteiger charge is -2.35. The van der Waals surface area contributed by atoms with Crippen LogP contribution in [-0.2, 0) is 14.2 Å². The zero-order valence-electron chi connectivity index (χ0n) is 11.7. The summed E-state index contributed by atoms with van der Waals surface area (Å²) >= 11 is 0. The number of rotatable bonds is 5. The molecule has 0 unspecified atom stereocenters. The van der Waals surface area contributed by atoms with Gasteiger partial charge < -0.3 is 19.5 Å². The van der Waals surface area contributed by atoms with Gasteiger partial charge >= 0.3 is 0 Å². The molecule has 0 radical (unpaired) electrons. The third kappa shape index (κ3) is 4.84. The highest BCUT2D eigenvalue weighted by Gasteiger charge is 2.27. The van der Waals surface area contributed by atoms with Crippen molar-refractivity contribution in [2.24, 2.45) is 0 Å². The molecule has 2 aliphatic rings. The summed E-state index contributed by atoms with van der Waals surface area (Å²) in [4.78, 5) is 0. The average Bonchev–Trinajstić information content (AvgIpc) is 2.37. The minimum Gasteiger partial charge on any atom is -0.377 e. The van der Waals surface area contributed by atoms with Crippen LogP contribution in [0.15, 0.2) is 0 Å². The quantitative estimate of drug-likeness (QED) is 0.765. The van der Waals surface area contributed by atoms with Gasteiger partial charge in [0.1, 0.15) is 0 Å². The number of ether oxygens (including phenoxy) is 3. The van der Waals surface area contributed by atoms with E-state index in [1.54, 1.807) is 0 Å². The van der Waals surface area contributed by atoms with Gasteiger partial charge in [-0.3, -0.25) is 0 Å². The van der Waals surface area contributed by atoms with Crippen molar-refractivity contribution in [3.8, 4) is 0 Å². The molecule has 0 aromatic heterocycles. The smallest absolute Gasteiger partial charge is 0.162 e. The van der Waals surface area contributed by atoms with E-state index in [1.807, 2.05) is 13.8 Å². The van der Waals surface area contributed by atoms with Gasteiger partial charge in [0.2, 0.25) is 0 Å². The molecule has 0 atom stereocenters. The van der Waals surface area contributed by atoms with Crippen LogP contribution in [0.3, 0.4) is 0 Å². The third-order valence-corrected chi connectivity index (χ3v) is 3.71. The lowest BCUT2D eigenvalue weighted by Crippen LogP contribution is -2.49. The van der Waals surface area contributed by atoms with Gasteiger partial charge in [0.25, 0.3) is 0 Å². The van der Waals surface area contributed by atoms with E-state index in [-0.39, 0.29) is 0 Å². The van der Waals surface area contributed by atoms with Gasteiger partial charge in [-0.1, -0.05) is 19.3 Å². The second-order valence-electron chi connectivity index (χ2n) is 5.80. The molecule has 0 aromatic rings. The summed E-state index contributed by atoms with van der Waals surface area (Å²) in [7, 11) is 0. The molecule has 2 rings (SSSR count). The van der Waals surface area contributed by atoms with Crippen LogP contribution in [0.5, 0.6) is 0 Å². The fraction of sp³-hybridized carbons (Fsp3) is 1.00. The van der Waals surface area contributed by atoms with E-state index in [4.69, 9.17) is 14.2 Å². The van der Waals surface area contributed by atoms with Crippen LogP contribution in [0.25, 0.3) is 0 Å². The molecule has 0 spiro atoms. The molecule has 1 saturated heterocycles. The molecule has 106 valence electrons. The van der Waals surface area contributed by atoms with E-state index in [0.29, 0.717) is 12.1 Å². The van der Waals surface area contributed by atoms with Crippen LogP contribution < -0.4 is 5.32 Å². The first-order chi connectivity index (χ1) is 8.66. The van der Waals surface area contributed by atoms with Crippen LogP contribution in [0.4, 0.5) is 0 Å². The molecule has 1 saturated carbocycles. The summed E-state index contributed by atoms with van der Waals surface area (Å²) in [6.07, 6.45) is 7.02. The Labute approximate surface area is 110 Å². The Morgan fingerprint density at radius 1 is 1.11 bits per heavy atom. The van der Waals surface area contributed by atoms with Crippen LogP contribution in [0, 0.1) is 0 Å². The summed E-state index contributed by atoms with van der Waals surface area (Å²) in [6, 6.07) is 0.299. The van der Waals surface area contributed by atoms with Gasteiger partial charge in [0, 0.05) is 6.54 Å². The van der Waals surface area contributed by atoms with Crippen LogP contribution >= 0.6 is 0 Å². The Hall–Kier alpha value is -0.160. The zero-order chi connectivity index (χ0) is 12.8. The first-order valence-corrected chi connectivity index (χ1v) is 7.29. The van der Waals surface area contributed by atoms with Crippen LogP contribution in [-0.4, -0.2) is 44.3 Å². The molecule has 1 aliphatic carbocycles. The van der Waals surface area contributed by atoms with Crippen molar-refractivity contribution >= 4 is 0 Å². The number of hydrogen-bond donors (Lipinski definition) is 1. The minimum absolute atomic E-state index is 0.299. The van der Waals surface area contributed by atoms with Gasteiger partial charge in [0.15, 0.2) is 5.79 Å². The molecule has 4 nitrogen and oxygen atoms in total. The SMILES string of the molecule is CC1(C)OCC(NCCOC2CCCCC2)CO1. The Morgan fingerprint density at radius 3 is 2.44 bits per heavy atom. The molecular weight excluding hydrogens is 230 g/mol. The predicted octanol–water partition coefficient (Wildman–Crippen LogP) is 2.08. The topological polar surface area (TPSA) is 39.7 Å². The van der Waals surface area contributed by atoms with E-state index >= 15 is 0 Å². The molecular formula is C14H27NO3. The largest absolute Gasteiger partial charge is 0.377 e. The summed E-state index contributed by atoms with van der Waals surface area (Å²) in [6.45, 7) is 7.02. The van der Waals surface area contributed by atoms with Crippen molar-refractivity contribution in [1.29, 1.82) is 0 Å². The Bertz CT molecular complexity index is 229. The van der Waals surface area contributed by atoms with Crippen molar-refractivity contribution in [3.63, 3.8) is 0 Å². The van der Waals surface area contributed by atoms with E-state index in [2.05, 4.69) is 5.32 Å². The number of nitrogens with one attached hydrogen (secondary N) is 1. The zero-order valence-corrected chi connectivity index (χ0v) is 11.7. The first-order valence-electron chi connectivity index (χ1n) is 7.29. The van der Waals surface area contributed by atoms with Crippen molar-refractivity contribution in [3.05, 3.63) is 0 Å². The summed E-state index contributed by atoms with van der Waals surface area (Å²) in [5.74, 6) is -0.420. The molecule has 18 heavy (non-hydrogen) atoms. The van der Waals surface area contributed by atoms with E-state index in [1.165, 1.54) is 32.1 Å². The summed E-state index contributed by atoms with van der Waals surface area (Å²) in [5.41, 5.74) is 0. The molecule has 0 amide bonds. The number of hydrogen-bond acceptors (Lipinski definition) is 4. The normalized spacial score (nSPS) is 26.3. The molecule has 1 heterocycles. The van der Waals surface area contributed by atoms with E-state index in [9.17, 15) is 0 Å². The monoisotopic (exact) mass is 257 g/mol. The maximum Gasteiger partial charge on any atom is 0.162 e. The second-order valence-corrected chi connectivity index (χ2v) is 5.80. The highest BCUT2D eigenvalue weighted by Crippen LogP contribution is 2.20. The third-order valence-electron chi connectivity index (χ3n) is 3.71. The Morgan fingerprint density at radius 2 is 1.78 bits per heavy atom. The first kappa shape index (κ1) is 14.3. The highest BCUT2D eigenvalue weighted by molar-refractivity contribution is 4.73. The summed E-state index contributed by atoms with van der Waals surface area (Å²) in [5, 5.41) is 3.42. The van der Waals surface area contributed by atoms with Gasteiger partial charge in [-0.05, 0) is 26.7 Å². The minimum atomic E-state index is -0.420. The van der Waals surface area contributed by atoms with Gasteiger partial charge in [0.05, 0.1) is 32.0 Å². The lowest BCUT2D eigenvalue weighted by atomic mass is 9.98. The molecule has 1 aliphatic heterocycles. The van der Waals surface area contributed by atoms with Gasteiger partial charge in [-0.25, -0.2) is 0 Å². The molecule has 0 aromatic carbocycles. The standard InChI is InChI=1S/C14H27NO3/c1-14(2)17-10-12(11-18-14)15-8-9-16-13-6-4-3-5-7-13/h12-13,15H,3-11H2,1-2H3. The van der Waals surface area contributed by atoms with E-state index < -0.39 is 5.79 Å². The molecule has 1 N–H and O–H groups in total. The predicted molar refractivity (Wildman–Crippen MR) is 70.6 cm³/mol. The van der Waals surface area contributed by atoms with Gasteiger partial charge in [-0.15, -0.1) is 0 Å². The maximum atomic E-state index is 5.87. The van der Waals surface area contributed by atoms with Crippen LogP contribution in [0.1, 0.15) is 46.0 Å². The van der Waals surface area contributed by atoms with Gasteiger partial charge in [-0.2, -0.15) is 0 Å². The van der Waals surface area contributed by atoms with Crippen molar-refractivity contribution in [2.75, 3.05) is 26.4 Å². The lowest BCUT2D eigenvalue weighted by molar-refractivity contribution is -0.253. The van der Waals surface area contributed by atoms with Crippen molar-refractivity contribution < 1.29 is 14.2 Å². The Balaban J connectivity index is 1.50. The highest BCUT2D eigenvalue weighted by atomic mass is 16.7. The molecule has 4 heteroatoms. The maximum absolute atomic E-state index is 5.87. The van der Waals surface area contributed by atoms with E-state index in [0.717, 1.165) is 26.4 Å². The van der Waals surface area contributed by atoms with Crippen molar-refractivity contribution in [1.82, 2.24) is 5.32 Å². The Kier molecular flexibility index (Phi) is 5.42. The second kappa shape index (κ2) is 6.85.